The molecule has 0 radical (unpaired) electrons. The summed E-state index contributed by atoms with van der Waals surface area (Å²) in [6.45, 7) is 0. The van der Waals surface area contributed by atoms with E-state index in [2.05, 4.69) is 18.2 Å². The average molecular weight is 357 g/mol. The smallest absolute Gasteiger partial charge is 1.00 e. The zero-order chi connectivity index (χ0) is 4.69. The summed E-state index contributed by atoms with van der Waals surface area (Å²) in [5, 5.41) is 0. The van der Waals surface area contributed by atoms with Crippen LogP contribution in [0.25, 0.3) is 0 Å². The second-order valence-electron chi connectivity index (χ2n) is 2.15. The normalized spacial score (nSPS) is 16.8. The van der Waals surface area contributed by atoms with Crippen LogP contribution in [-0.2, 0) is 21.1 Å². The van der Waals surface area contributed by atoms with Crippen LogP contribution < -0.4 is 24.8 Å². The first-order valence-corrected chi connectivity index (χ1v) is 2.67. The first kappa shape index (κ1) is 13.2. The van der Waals surface area contributed by atoms with Gasteiger partial charge in [-0.3, -0.25) is 0 Å². The van der Waals surface area contributed by atoms with E-state index >= 15 is 0 Å². The third-order valence-corrected chi connectivity index (χ3v) is 1.59. The zero-order valence-corrected chi connectivity index (χ0v) is 9.00. The van der Waals surface area contributed by atoms with Gasteiger partial charge in [0.1, 0.15) is 0 Å². The van der Waals surface area contributed by atoms with Gasteiger partial charge in [0.2, 0.25) is 0 Å². The SMILES string of the molecule is C1=C[C-]2CC=C1C2.[Cl-].[Cl-].[Pt+2]. The minimum atomic E-state index is 0. The van der Waals surface area contributed by atoms with Crippen LogP contribution >= 0.6 is 0 Å². The van der Waals surface area contributed by atoms with Crippen molar-refractivity contribution in [2.24, 2.45) is 0 Å². The molecule has 2 bridgehead atoms. The fraction of sp³-hybridized carbons (Fsp3) is 0.286. The van der Waals surface area contributed by atoms with Gasteiger partial charge in [0, 0.05) is 0 Å². The molecule has 0 fully saturated rings. The van der Waals surface area contributed by atoms with Crippen LogP contribution in [0.2, 0.25) is 0 Å². The molecule has 0 atom stereocenters. The van der Waals surface area contributed by atoms with E-state index in [0.717, 1.165) is 0 Å². The molecular formula is C7H7Cl2Pt-. The molecular weight excluding hydrogens is 350 g/mol. The molecule has 0 aromatic carbocycles. The molecule has 60 valence electrons. The summed E-state index contributed by atoms with van der Waals surface area (Å²) in [6, 6.07) is 0. The Bertz CT molecular complexity index is 152. The van der Waals surface area contributed by atoms with E-state index in [0.29, 0.717) is 0 Å². The Morgan fingerprint density at radius 1 is 1.30 bits per heavy atom. The van der Waals surface area contributed by atoms with Gasteiger partial charge in [0.15, 0.2) is 0 Å². The van der Waals surface area contributed by atoms with Crippen LogP contribution in [0.15, 0.2) is 23.8 Å². The molecule has 0 unspecified atom stereocenters. The molecule has 10 heavy (non-hydrogen) atoms. The molecule has 0 spiro atoms. The molecule has 0 N–H and O–H groups in total. The van der Waals surface area contributed by atoms with Crippen LogP contribution in [-0.4, -0.2) is 0 Å². The molecule has 0 aromatic rings. The number of rotatable bonds is 0. The van der Waals surface area contributed by atoms with Crippen LogP contribution in [0.3, 0.4) is 0 Å². The Kier molecular flexibility index (Phi) is 7.00. The van der Waals surface area contributed by atoms with Crippen molar-refractivity contribution in [3.63, 3.8) is 0 Å². The summed E-state index contributed by atoms with van der Waals surface area (Å²) in [6.07, 6.45) is 9.22. The second kappa shape index (κ2) is 5.29. The Morgan fingerprint density at radius 3 is 2.10 bits per heavy atom. The first-order chi connectivity index (χ1) is 3.45. The van der Waals surface area contributed by atoms with E-state index in [9.17, 15) is 0 Å². The van der Waals surface area contributed by atoms with Gasteiger partial charge in [0.05, 0.1) is 0 Å². The summed E-state index contributed by atoms with van der Waals surface area (Å²) in [5.74, 6) is 1.59. The van der Waals surface area contributed by atoms with Gasteiger partial charge in [-0.05, 0) is 0 Å². The van der Waals surface area contributed by atoms with E-state index < -0.39 is 0 Å². The van der Waals surface area contributed by atoms with E-state index in [1.807, 2.05) is 0 Å². The molecule has 3 heteroatoms. The fourth-order valence-corrected chi connectivity index (χ4v) is 1.15. The number of halogens is 2. The van der Waals surface area contributed by atoms with Gasteiger partial charge in [-0.1, -0.05) is 12.8 Å². The molecule has 0 heterocycles. The first-order valence-electron chi connectivity index (χ1n) is 2.67. The van der Waals surface area contributed by atoms with Crippen molar-refractivity contribution in [1.82, 2.24) is 0 Å². The maximum atomic E-state index is 2.30. The van der Waals surface area contributed by atoms with Crippen molar-refractivity contribution in [2.75, 3.05) is 0 Å². The Labute approximate surface area is 88.2 Å². The molecule has 0 saturated heterocycles. The van der Waals surface area contributed by atoms with Crippen LogP contribution in [0.5, 0.6) is 0 Å². The molecule has 0 saturated carbocycles. The standard InChI is InChI=1S/C7H7.2ClH.Pt/c1-2-7-4-3-6(1)5-7;;;/h1-3H,4-5H2;2*1H;/q-1;;;+2/p-2. The quantitative estimate of drug-likeness (QED) is 0.387. The van der Waals surface area contributed by atoms with Crippen molar-refractivity contribution >= 4 is 0 Å². The van der Waals surface area contributed by atoms with Crippen molar-refractivity contribution in [1.29, 1.82) is 0 Å². The van der Waals surface area contributed by atoms with E-state index in [4.69, 9.17) is 0 Å². The molecule has 0 nitrogen and oxygen atoms in total. The summed E-state index contributed by atoms with van der Waals surface area (Å²) in [5.41, 5.74) is 1.52. The maximum Gasteiger partial charge on any atom is 2.00 e. The predicted molar refractivity (Wildman–Crippen MR) is 29.7 cm³/mol. The van der Waals surface area contributed by atoms with Gasteiger partial charge in [0.25, 0.3) is 0 Å². The van der Waals surface area contributed by atoms with Gasteiger partial charge >= 0.3 is 21.1 Å². The minimum absolute atomic E-state index is 0. The maximum absolute atomic E-state index is 2.30. The van der Waals surface area contributed by atoms with Gasteiger partial charge in [-0.15, -0.1) is 11.6 Å². The monoisotopic (exact) mass is 356 g/mol. The summed E-state index contributed by atoms with van der Waals surface area (Å²) < 4.78 is 0. The van der Waals surface area contributed by atoms with Gasteiger partial charge in [-0.25, -0.2) is 18.1 Å². The van der Waals surface area contributed by atoms with E-state index in [1.54, 1.807) is 5.92 Å². The molecule has 2 aliphatic rings. The Balaban J connectivity index is 0. The molecule has 2 aliphatic carbocycles. The third-order valence-electron chi connectivity index (χ3n) is 1.59. The summed E-state index contributed by atoms with van der Waals surface area (Å²) in [4.78, 5) is 0. The van der Waals surface area contributed by atoms with Crippen molar-refractivity contribution in [2.45, 2.75) is 12.8 Å². The number of fused-ring (bicyclic) bond motifs is 2. The van der Waals surface area contributed by atoms with Crippen LogP contribution in [0, 0.1) is 5.92 Å². The summed E-state index contributed by atoms with van der Waals surface area (Å²) in [7, 11) is 0. The van der Waals surface area contributed by atoms with E-state index in [1.165, 1.54) is 18.4 Å². The second-order valence-corrected chi connectivity index (χ2v) is 2.15. The van der Waals surface area contributed by atoms with E-state index in [-0.39, 0.29) is 45.9 Å². The molecule has 0 aromatic heterocycles. The van der Waals surface area contributed by atoms with Crippen LogP contribution in [0.1, 0.15) is 12.8 Å². The van der Waals surface area contributed by atoms with Gasteiger partial charge < -0.3 is 24.8 Å². The predicted octanol–water partition coefficient (Wildman–Crippen LogP) is -4.14. The number of hydrogen-bond donors (Lipinski definition) is 0. The summed E-state index contributed by atoms with van der Waals surface area (Å²) >= 11 is 0. The molecule has 0 aliphatic heterocycles. The van der Waals surface area contributed by atoms with Crippen LogP contribution in [0.4, 0.5) is 0 Å². The van der Waals surface area contributed by atoms with Gasteiger partial charge in [-0.2, -0.15) is 0 Å². The van der Waals surface area contributed by atoms with Crippen molar-refractivity contribution in [3.05, 3.63) is 29.7 Å². The minimum Gasteiger partial charge on any atom is -1.00 e. The number of hydrogen-bond acceptors (Lipinski definition) is 0. The van der Waals surface area contributed by atoms with Crippen molar-refractivity contribution < 1.29 is 45.9 Å². The fourth-order valence-electron chi connectivity index (χ4n) is 1.15. The zero-order valence-electron chi connectivity index (χ0n) is 5.22. The average Bonchev–Trinajstić information content (AvgIpc) is 2.22. The largest absolute Gasteiger partial charge is 2.00 e. The Morgan fingerprint density at radius 2 is 2.00 bits per heavy atom. The molecule has 2 rings (SSSR count). The van der Waals surface area contributed by atoms with Crippen molar-refractivity contribution in [3.8, 4) is 0 Å². The third kappa shape index (κ3) is 2.34. The number of allylic oxidation sites excluding steroid dienone is 4. The molecule has 0 amide bonds. The topological polar surface area (TPSA) is 0 Å². The Hall–Kier alpha value is 0.618.